The van der Waals surface area contributed by atoms with Gasteiger partial charge in [0.2, 0.25) is 5.91 Å². The first-order chi connectivity index (χ1) is 11.6. The number of benzene rings is 1. The summed E-state index contributed by atoms with van der Waals surface area (Å²) in [5.41, 5.74) is 0.850. The standard InChI is InChI=1S/C19H20N2O3/c1-21(2)16(18-12-14-6-3-4-8-17(14)24-18)13-20-19(22)10-9-15-7-5-11-23-15/h3-12,16H,13H2,1-2H3,(H,20,22)/b10-9+. The van der Waals surface area contributed by atoms with E-state index in [9.17, 15) is 4.79 Å². The molecule has 0 radical (unpaired) electrons. The van der Waals surface area contributed by atoms with E-state index in [0.29, 0.717) is 12.3 Å². The first-order valence-corrected chi connectivity index (χ1v) is 7.78. The summed E-state index contributed by atoms with van der Waals surface area (Å²) >= 11 is 0. The smallest absolute Gasteiger partial charge is 0.244 e. The van der Waals surface area contributed by atoms with Crippen LogP contribution in [0, 0.1) is 0 Å². The number of carbonyl (C=O) groups excluding carboxylic acids is 1. The SMILES string of the molecule is CN(C)C(CNC(=O)/C=C/c1ccco1)c1cc2ccccc2o1. The second kappa shape index (κ2) is 7.19. The maximum Gasteiger partial charge on any atom is 0.244 e. The van der Waals surface area contributed by atoms with Gasteiger partial charge in [0.1, 0.15) is 17.1 Å². The highest BCUT2D eigenvalue weighted by molar-refractivity contribution is 5.91. The Morgan fingerprint density at radius 2 is 2.08 bits per heavy atom. The van der Waals surface area contributed by atoms with Crippen molar-refractivity contribution in [2.75, 3.05) is 20.6 Å². The van der Waals surface area contributed by atoms with E-state index in [2.05, 4.69) is 5.32 Å². The third-order valence-corrected chi connectivity index (χ3v) is 3.81. The van der Waals surface area contributed by atoms with E-state index in [1.165, 1.54) is 6.08 Å². The fraction of sp³-hybridized carbons (Fsp3) is 0.211. The van der Waals surface area contributed by atoms with Crippen molar-refractivity contribution in [3.8, 4) is 0 Å². The van der Waals surface area contributed by atoms with E-state index in [1.807, 2.05) is 49.3 Å². The van der Waals surface area contributed by atoms with E-state index < -0.39 is 0 Å². The average Bonchev–Trinajstić information content (AvgIpc) is 3.22. The summed E-state index contributed by atoms with van der Waals surface area (Å²) in [4.78, 5) is 14.0. The van der Waals surface area contributed by atoms with Crippen molar-refractivity contribution in [1.82, 2.24) is 10.2 Å². The third kappa shape index (κ3) is 3.75. The van der Waals surface area contributed by atoms with Crippen LogP contribution >= 0.6 is 0 Å². The quantitative estimate of drug-likeness (QED) is 0.706. The van der Waals surface area contributed by atoms with Gasteiger partial charge in [-0.05, 0) is 44.4 Å². The molecular weight excluding hydrogens is 304 g/mol. The number of hydrogen-bond acceptors (Lipinski definition) is 4. The van der Waals surface area contributed by atoms with Crippen molar-refractivity contribution in [2.24, 2.45) is 0 Å². The third-order valence-electron chi connectivity index (χ3n) is 3.81. The molecule has 3 aromatic rings. The molecule has 124 valence electrons. The molecule has 1 aromatic carbocycles. The molecule has 0 aliphatic carbocycles. The van der Waals surface area contributed by atoms with Crippen LogP contribution in [0.1, 0.15) is 17.6 Å². The Labute approximate surface area is 140 Å². The summed E-state index contributed by atoms with van der Waals surface area (Å²) in [5, 5.41) is 3.96. The lowest BCUT2D eigenvalue weighted by molar-refractivity contribution is -0.116. The number of rotatable bonds is 6. The lowest BCUT2D eigenvalue weighted by atomic mass is 10.2. The second-order valence-electron chi connectivity index (χ2n) is 5.76. The molecule has 0 fully saturated rings. The summed E-state index contributed by atoms with van der Waals surface area (Å²) in [7, 11) is 3.92. The van der Waals surface area contributed by atoms with Gasteiger partial charge in [-0.1, -0.05) is 18.2 Å². The minimum atomic E-state index is -0.172. The topological polar surface area (TPSA) is 58.6 Å². The van der Waals surface area contributed by atoms with Gasteiger partial charge in [-0.15, -0.1) is 0 Å². The molecule has 2 heterocycles. The molecule has 24 heavy (non-hydrogen) atoms. The first-order valence-electron chi connectivity index (χ1n) is 7.78. The number of hydrogen-bond donors (Lipinski definition) is 1. The zero-order chi connectivity index (χ0) is 16.9. The monoisotopic (exact) mass is 324 g/mol. The minimum absolute atomic E-state index is 0.0432. The van der Waals surface area contributed by atoms with Gasteiger partial charge in [0.25, 0.3) is 0 Å². The summed E-state index contributed by atoms with van der Waals surface area (Å²) in [6, 6.07) is 13.4. The van der Waals surface area contributed by atoms with Crippen LogP contribution in [0.5, 0.6) is 0 Å². The molecule has 1 unspecified atom stereocenters. The highest BCUT2D eigenvalue weighted by atomic mass is 16.3. The molecule has 0 aliphatic heterocycles. The number of para-hydroxylation sites is 1. The van der Waals surface area contributed by atoms with Crippen LogP contribution in [0.2, 0.25) is 0 Å². The number of fused-ring (bicyclic) bond motifs is 1. The molecule has 0 aliphatic rings. The van der Waals surface area contributed by atoms with Gasteiger partial charge in [-0.25, -0.2) is 0 Å². The van der Waals surface area contributed by atoms with Gasteiger partial charge in [-0.3, -0.25) is 9.69 Å². The summed E-state index contributed by atoms with van der Waals surface area (Å²) in [6.45, 7) is 0.453. The second-order valence-corrected chi connectivity index (χ2v) is 5.76. The number of nitrogens with zero attached hydrogens (tertiary/aromatic N) is 1. The van der Waals surface area contributed by atoms with Crippen molar-refractivity contribution in [2.45, 2.75) is 6.04 Å². The fourth-order valence-electron chi connectivity index (χ4n) is 2.50. The molecule has 3 rings (SSSR count). The van der Waals surface area contributed by atoms with Gasteiger partial charge >= 0.3 is 0 Å². The van der Waals surface area contributed by atoms with Gasteiger partial charge in [0.15, 0.2) is 0 Å². The van der Waals surface area contributed by atoms with E-state index in [1.54, 1.807) is 24.5 Å². The molecule has 0 spiro atoms. The van der Waals surface area contributed by atoms with Crippen LogP contribution in [-0.2, 0) is 4.79 Å². The number of nitrogens with one attached hydrogen (secondary N) is 1. The molecule has 0 bridgehead atoms. The molecule has 0 saturated heterocycles. The Morgan fingerprint density at radius 1 is 1.25 bits per heavy atom. The van der Waals surface area contributed by atoms with E-state index in [4.69, 9.17) is 8.83 Å². The Morgan fingerprint density at radius 3 is 2.79 bits per heavy atom. The molecule has 0 saturated carbocycles. The highest BCUT2D eigenvalue weighted by Gasteiger charge is 2.19. The van der Waals surface area contributed by atoms with Crippen LogP contribution in [0.25, 0.3) is 17.0 Å². The van der Waals surface area contributed by atoms with Crippen molar-refractivity contribution >= 4 is 23.0 Å². The van der Waals surface area contributed by atoms with Crippen LogP contribution < -0.4 is 5.32 Å². The Bertz CT molecular complexity index is 798. The zero-order valence-corrected chi connectivity index (χ0v) is 13.7. The maximum absolute atomic E-state index is 12.0. The Kier molecular flexibility index (Phi) is 4.82. The lowest BCUT2D eigenvalue weighted by Crippen LogP contribution is -2.33. The predicted molar refractivity (Wildman–Crippen MR) is 93.4 cm³/mol. The fourth-order valence-corrected chi connectivity index (χ4v) is 2.50. The maximum atomic E-state index is 12.0. The normalized spacial score (nSPS) is 13.0. The van der Waals surface area contributed by atoms with E-state index in [-0.39, 0.29) is 11.9 Å². The van der Waals surface area contributed by atoms with Gasteiger partial charge in [-0.2, -0.15) is 0 Å². The summed E-state index contributed by atoms with van der Waals surface area (Å²) in [6.07, 6.45) is 4.67. The summed E-state index contributed by atoms with van der Waals surface area (Å²) < 4.78 is 11.1. The van der Waals surface area contributed by atoms with Crippen LogP contribution in [0.3, 0.4) is 0 Å². The largest absolute Gasteiger partial charge is 0.465 e. The van der Waals surface area contributed by atoms with Crippen molar-refractivity contribution in [1.29, 1.82) is 0 Å². The van der Waals surface area contributed by atoms with E-state index in [0.717, 1.165) is 16.7 Å². The number of furan rings is 2. The van der Waals surface area contributed by atoms with Gasteiger partial charge in [0, 0.05) is 18.0 Å². The van der Waals surface area contributed by atoms with Crippen molar-refractivity contribution < 1.29 is 13.6 Å². The molecular formula is C19H20N2O3. The molecule has 1 amide bonds. The lowest BCUT2D eigenvalue weighted by Gasteiger charge is -2.22. The molecule has 5 nitrogen and oxygen atoms in total. The van der Waals surface area contributed by atoms with Crippen LogP contribution in [0.4, 0.5) is 0 Å². The number of amides is 1. The van der Waals surface area contributed by atoms with Crippen molar-refractivity contribution in [3.05, 3.63) is 66.3 Å². The van der Waals surface area contributed by atoms with Crippen LogP contribution in [0.15, 0.2) is 63.6 Å². The van der Waals surface area contributed by atoms with Crippen molar-refractivity contribution in [3.63, 3.8) is 0 Å². The van der Waals surface area contributed by atoms with Crippen LogP contribution in [-0.4, -0.2) is 31.4 Å². The molecule has 1 atom stereocenters. The Hall–Kier alpha value is -2.79. The molecule has 1 N–H and O–H groups in total. The van der Waals surface area contributed by atoms with Gasteiger partial charge < -0.3 is 14.2 Å². The average molecular weight is 324 g/mol. The Balaban J connectivity index is 1.67. The summed E-state index contributed by atoms with van der Waals surface area (Å²) in [5.74, 6) is 1.30. The minimum Gasteiger partial charge on any atom is -0.465 e. The molecule has 2 aromatic heterocycles. The highest BCUT2D eigenvalue weighted by Crippen LogP contribution is 2.25. The van der Waals surface area contributed by atoms with E-state index >= 15 is 0 Å². The first kappa shape index (κ1) is 16.1. The van der Waals surface area contributed by atoms with Gasteiger partial charge in [0.05, 0.1) is 12.3 Å². The number of likely N-dealkylation sites (N-methyl/N-ethyl adjacent to an activating group) is 1. The predicted octanol–water partition coefficient (Wildman–Crippen LogP) is 3.46. The zero-order valence-electron chi connectivity index (χ0n) is 13.7. The number of carbonyl (C=O) groups is 1. The molecule has 5 heteroatoms.